The monoisotopic (exact) mass is 204 g/mol. The largest absolute Gasteiger partial charge is 0.285 e. The molecule has 0 amide bonds. The van der Waals surface area contributed by atoms with Gasteiger partial charge in [-0.1, -0.05) is 0 Å². The van der Waals surface area contributed by atoms with E-state index in [-0.39, 0.29) is 5.56 Å². The fourth-order valence-electron chi connectivity index (χ4n) is 1.95. The van der Waals surface area contributed by atoms with Crippen LogP contribution in [-0.2, 0) is 7.05 Å². The quantitative estimate of drug-likeness (QED) is 0.643. The summed E-state index contributed by atoms with van der Waals surface area (Å²) < 4.78 is 3.66. The second-order valence-electron chi connectivity index (χ2n) is 4.19. The van der Waals surface area contributed by atoms with E-state index in [1.165, 1.54) is 5.56 Å². The van der Waals surface area contributed by atoms with Crippen LogP contribution in [0.5, 0.6) is 0 Å². The summed E-state index contributed by atoms with van der Waals surface area (Å²) >= 11 is 0. The molecule has 0 aliphatic carbocycles. The van der Waals surface area contributed by atoms with Crippen molar-refractivity contribution in [2.24, 2.45) is 7.05 Å². The zero-order chi connectivity index (χ0) is 11.3. The Morgan fingerprint density at radius 3 is 2.27 bits per heavy atom. The Kier molecular flexibility index (Phi) is 2.00. The van der Waals surface area contributed by atoms with E-state index < -0.39 is 0 Å². The average molecular weight is 204 g/mol. The first-order valence-corrected chi connectivity index (χ1v) is 5.10. The average Bonchev–Trinajstić information content (AvgIpc) is 2.40. The minimum absolute atomic E-state index is 0.0868. The first-order valence-electron chi connectivity index (χ1n) is 5.10. The summed E-state index contributed by atoms with van der Waals surface area (Å²) in [6.07, 6.45) is 0. The van der Waals surface area contributed by atoms with Gasteiger partial charge in [0.2, 0.25) is 0 Å². The van der Waals surface area contributed by atoms with Crippen molar-refractivity contribution in [3.05, 3.63) is 38.8 Å². The summed E-state index contributed by atoms with van der Waals surface area (Å²) in [5.74, 6) is 0. The highest BCUT2D eigenvalue weighted by Crippen LogP contribution is 2.16. The maximum absolute atomic E-state index is 12.1. The lowest BCUT2D eigenvalue weighted by Crippen LogP contribution is -2.22. The van der Waals surface area contributed by atoms with Gasteiger partial charge in [0.25, 0.3) is 5.56 Å². The maximum Gasteiger partial charge on any atom is 0.273 e. The van der Waals surface area contributed by atoms with Gasteiger partial charge in [0, 0.05) is 18.3 Å². The van der Waals surface area contributed by atoms with E-state index in [4.69, 9.17) is 0 Å². The van der Waals surface area contributed by atoms with Crippen molar-refractivity contribution in [1.82, 2.24) is 9.20 Å². The molecule has 0 atom stereocenters. The molecule has 80 valence electrons. The van der Waals surface area contributed by atoms with Gasteiger partial charge in [-0.2, -0.15) is 0 Å². The SMILES string of the molecule is Cc1cc2c(C)c(C)n(C)n2c(=O)c1C. The van der Waals surface area contributed by atoms with Crippen LogP contribution in [0.4, 0.5) is 0 Å². The summed E-state index contributed by atoms with van der Waals surface area (Å²) in [4.78, 5) is 12.1. The van der Waals surface area contributed by atoms with E-state index in [2.05, 4.69) is 13.0 Å². The molecule has 15 heavy (non-hydrogen) atoms. The summed E-state index contributed by atoms with van der Waals surface area (Å²) in [5.41, 5.74) is 5.31. The van der Waals surface area contributed by atoms with E-state index in [0.717, 1.165) is 22.3 Å². The molecular formula is C12H16N2O. The Labute approximate surface area is 88.9 Å². The van der Waals surface area contributed by atoms with Crippen LogP contribution in [-0.4, -0.2) is 9.20 Å². The van der Waals surface area contributed by atoms with Gasteiger partial charge in [-0.25, -0.2) is 4.52 Å². The van der Waals surface area contributed by atoms with Gasteiger partial charge in [0.05, 0.1) is 5.52 Å². The van der Waals surface area contributed by atoms with E-state index in [9.17, 15) is 4.79 Å². The maximum atomic E-state index is 12.1. The molecule has 2 aromatic rings. The van der Waals surface area contributed by atoms with E-state index in [1.54, 1.807) is 4.52 Å². The summed E-state index contributed by atoms with van der Waals surface area (Å²) in [7, 11) is 1.92. The van der Waals surface area contributed by atoms with Gasteiger partial charge in [0.15, 0.2) is 0 Å². The molecule has 0 aromatic carbocycles. The molecule has 0 spiro atoms. The van der Waals surface area contributed by atoms with Crippen molar-refractivity contribution < 1.29 is 0 Å². The molecule has 0 saturated heterocycles. The predicted octanol–water partition coefficient (Wildman–Crippen LogP) is 1.87. The molecule has 0 N–H and O–H groups in total. The van der Waals surface area contributed by atoms with Gasteiger partial charge in [-0.3, -0.25) is 9.48 Å². The van der Waals surface area contributed by atoms with Crippen LogP contribution in [0.2, 0.25) is 0 Å². The summed E-state index contributed by atoms with van der Waals surface area (Å²) in [6, 6.07) is 2.08. The molecular weight excluding hydrogens is 188 g/mol. The lowest BCUT2D eigenvalue weighted by atomic mass is 10.1. The van der Waals surface area contributed by atoms with E-state index >= 15 is 0 Å². The molecule has 0 aliphatic heterocycles. The number of hydrogen-bond acceptors (Lipinski definition) is 1. The number of hydrogen-bond donors (Lipinski definition) is 0. The van der Waals surface area contributed by atoms with Crippen molar-refractivity contribution >= 4 is 5.52 Å². The van der Waals surface area contributed by atoms with Crippen LogP contribution in [0.25, 0.3) is 5.52 Å². The summed E-state index contributed by atoms with van der Waals surface area (Å²) in [5, 5.41) is 0. The van der Waals surface area contributed by atoms with Crippen LogP contribution in [0.3, 0.4) is 0 Å². The zero-order valence-electron chi connectivity index (χ0n) is 9.88. The van der Waals surface area contributed by atoms with Crippen molar-refractivity contribution in [2.75, 3.05) is 0 Å². The molecule has 0 saturated carbocycles. The number of pyridine rings is 1. The van der Waals surface area contributed by atoms with Gasteiger partial charge in [-0.05, 0) is 44.9 Å². The minimum atomic E-state index is 0.0868. The number of fused-ring (bicyclic) bond motifs is 1. The summed E-state index contributed by atoms with van der Waals surface area (Å²) in [6.45, 7) is 7.95. The smallest absolute Gasteiger partial charge is 0.273 e. The lowest BCUT2D eigenvalue weighted by molar-refractivity contribution is 0.661. The third-order valence-electron chi connectivity index (χ3n) is 3.40. The fraction of sp³-hybridized carbons (Fsp3) is 0.417. The standard InChI is InChI=1S/C12H16N2O/c1-7-6-11-9(3)10(4)13(5)14(11)12(15)8(7)2/h6H,1-5H3. The molecule has 2 rings (SSSR count). The van der Waals surface area contributed by atoms with Gasteiger partial charge in [0.1, 0.15) is 0 Å². The third-order valence-corrected chi connectivity index (χ3v) is 3.40. The molecule has 0 fully saturated rings. The second-order valence-corrected chi connectivity index (χ2v) is 4.19. The Bertz CT molecular complexity index is 602. The van der Waals surface area contributed by atoms with Crippen LogP contribution in [0.15, 0.2) is 10.9 Å². The van der Waals surface area contributed by atoms with Crippen LogP contribution in [0, 0.1) is 27.7 Å². The molecule has 0 bridgehead atoms. The molecule has 2 aromatic heterocycles. The van der Waals surface area contributed by atoms with Crippen molar-refractivity contribution in [3.8, 4) is 0 Å². The molecule has 0 unspecified atom stereocenters. The van der Waals surface area contributed by atoms with Crippen LogP contribution in [0.1, 0.15) is 22.4 Å². The Hall–Kier alpha value is -1.51. The topological polar surface area (TPSA) is 26.4 Å². The lowest BCUT2D eigenvalue weighted by Gasteiger charge is -2.04. The highest BCUT2D eigenvalue weighted by Gasteiger charge is 2.12. The van der Waals surface area contributed by atoms with E-state index in [1.807, 2.05) is 32.5 Å². The number of aryl methyl sites for hydroxylation is 3. The Balaban J connectivity index is 3.13. The zero-order valence-corrected chi connectivity index (χ0v) is 9.88. The highest BCUT2D eigenvalue weighted by molar-refractivity contribution is 5.58. The number of nitrogens with zero attached hydrogens (tertiary/aromatic N) is 2. The molecule has 0 aliphatic rings. The predicted molar refractivity (Wildman–Crippen MR) is 61.6 cm³/mol. The molecule has 2 heterocycles. The first kappa shape index (κ1) is 10.0. The number of aromatic nitrogens is 2. The minimum Gasteiger partial charge on any atom is -0.285 e. The second kappa shape index (κ2) is 2.99. The normalized spacial score (nSPS) is 11.3. The van der Waals surface area contributed by atoms with Crippen molar-refractivity contribution in [1.29, 1.82) is 0 Å². The van der Waals surface area contributed by atoms with Crippen LogP contribution >= 0.6 is 0 Å². The number of rotatable bonds is 0. The molecule has 3 nitrogen and oxygen atoms in total. The van der Waals surface area contributed by atoms with Gasteiger partial charge in [-0.15, -0.1) is 0 Å². The van der Waals surface area contributed by atoms with Crippen LogP contribution < -0.4 is 5.56 Å². The molecule has 0 radical (unpaired) electrons. The van der Waals surface area contributed by atoms with Gasteiger partial charge < -0.3 is 0 Å². The first-order chi connectivity index (χ1) is 6.95. The fourth-order valence-corrected chi connectivity index (χ4v) is 1.95. The molecule has 3 heteroatoms. The third kappa shape index (κ3) is 1.16. The van der Waals surface area contributed by atoms with Crippen molar-refractivity contribution in [3.63, 3.8) is 0 Å². The van der Waals surface area contributed by atoms with Gasteiger partial charge >= 0.3 is 0 Å². The van der Waals surface area contributed by atoms with Crippen molar-refractivity contribution in [2.45, 2.75) is 27.7 Å². The highest BCUT2D eigenvalue weighted by atomic mass is 16.1. The Morgan fingerprint density at radius 1 is 1.07 bits per heavy atom. The van der Waals surface area contributed by atoms with E-state index in [0.29, 0.717) is 0 Å². The Morgan fingerprint density at radius 2 is 1.67 bits per heavy atom.